The summed E-state index contributed by atoms with van der Waals surface area (Å²) in [5.41, 5.74) is 1.81. The lowest BCUT2D eigenvalue weighted by Gasteiger charge is -2.16. The number of phenolic OH excluding ortho intramolecular Hbond substituents is 2. The highest BCUT2D eigenvalue weighted by Crippen LogP contribution is 2.33. The number of hydrogen-bond acceptors (Lipinski definition) is 11. The number of amides is 1. The quantitative estimate of drug-likeness (QED) is 0.0845. The lowest BCUT2D eigenvalue weighted by Crippen LogP contribution is -2.28. The molecule has 1 aromatic carbocycles. The van der Waals surface area contributed by atoms with Gasteiger partial charge in [-0.15, -0.1) is 5.10 Å². The summed E-state index contributed by atoms with van der Waals surface area (Å²) in [7, 11) is 0. The molecule has 0 saturated heterocycles. The number of fused-ring (bicyclic) bond motifs is 1. The molecule has 13 nitrogen and oxygen atoms in total. The normalized spacial score (nSPS) is 18.7. The molecule has 1 saturated carbocycles. The van der Waals surface area contributed by atoms with Crippen LogP contribution in [0, 0.1) is 0 Å². The van der Waals surface area contributed by atoms with E-state index in [-0.39, 0.29) is 24.1 Å². The lowest BCUT2D eigenvalue weighted by atomic mass is 10.2. The van der Waals surface area contributed by atoms with Crippen molar-refractivity contribution in [2.45, 2.75) is 75.9 Å². The van der Waals surface area contributed by atoms with Gasteiger partial charge < -0.3 is 36.2 Å². The number of carbonyl (C=O) groups is 1. The van der Waals surface area contributed by atoms with Crippen LogP contribution in [0.15, 0.2) is 23.4 Å². The minimum atomic E-state index is -1.13. The number of benzene rings is 1. The zero-order chi connectivity index (χ0) is 27.7. The van der Waals surface area contributed by atoms with Crippen molar-refractivity contribution in [3.8, 4) is 11.5 Å². The van der Waals surface area contributed by atoms with Gasteiger partial charge in [-0.25, -0.2) is 19.4 Å². The van der Waals surface area contributed by atoms with Gasteiger partial charge in [0.25, 0.3) is 0 Å². The summed E-state index contributed by atoms with van der Waals surface area (Å²) in [5.74, 6) is 1.15. The molecule has 38 heavy (non-hydrogen) atoms. The number of phenols is 2. The molecule has 3 atom stereocenters. The third kappa shape index (κ3) is 7.58. The molecule has 0 radical (unpaired) electrons. The molecule has 1 aliphatic rings. The van der Waals surface area contributed by atoms with E-state index in [9.17, 15) is 15.0 Å². The Morgan fingerprint density at radius 2 is 1.92 bits per heavy atom. The van der Waals surface area contributed by atoms with Crippen LogP contribution < -0.4 is 10.6 Å². The number of anilines is 1. The van der Waals surface area contributed by atoms with E-state index in [0.29, 0.717) is 40.5 Å². The molecular formula is C24H35N7O6S. The fourth-order valence-electron chi connectivity index (χ4n) is 3.86. The second-order valence-corrected chi connectivity index (χ2v) is 9.94. The van der Waals surface area contributed by atoms with Gasteiger partial charge in [0.1, 0.15) is 6.10 Å². The molecule has 0 unspecified atom stereocenters. The summed E-state index contributed by atoms with van der Waals surface area (Å²) < 4.78 is 1.65. The van der Waals surface area contributed by atoms with Crippen LogP contribution in [0.1, 0.15) is 57.6 Å². The smallest absolute Gasteiger partial charge is 0.404 e. The van der Waals surface area contributed by atoms with E-state index in [0.717, 1.165) is 31.6 Å². The Kier molecular flexibility index (Phi) is 10.7. The summed E-state index contributed by atoms with van der Waals surface area (Å²) in [6.45, 7) is 5.18. The predicted octanol–water partition coefficient (Wildman–Crippen LogP) is 2.86. The van der Waals surface area contributed by atoms with Gasteiger partial charge in [0, 0.05) is 18.8 Å². The highest BCUT2D eigenvalue weighted by Gasteiger charge is 2.37. The largest absolute Gasteiger partial charge is 0.504 e. The Balaban J connectivity index is 0.000000260. The number of nitrogens with zero attached hydrogens (tertiary/aromatic N) is 5. The average Bonchev–Trinajstić information content (AvgIpc) is 3.46. The molecule has 1 aliphatic carbocycles. The number of thioether (sulfide) groups is 1. The maximum Gasteiger partial charge on any atom is 0.404 e. The third-order valence-corrected chi connectivity index (χ3v) is 6.96. The van der Waals surface area contributed by atoms with Gasteiger partial charge in [-0.05, 0) is 43.4 Å². The van der Waals surface area contributed by atoms with E-state index in [4.69, 9.17) is 15.3 Å². The van der Waals surface area contributed by atoms with Gasteiger partial charge in [-0.1, -0.05) is 43.3 Å². The number of aromatic hydroxyl groups is 2. The number of hydrogen-bond donors (Lipinski definition) is 7. The lowest BCUT2D eigenvalue weighted by molar-refractivity contribution is 0.0215. The molecule has 2 heterocycles. The number of carboxylic acid groups (broad SMARTS) is 1. The van der Waals surface area contributed by atoms with Crippen LogP contribution in [0.5, 0.6) is 11.5 Å². The van der Waals surface area contributed by atoms with Crippen molar-refractivity contribution >= 4 is 34.8 Å². The highest BCUT2D eigenvalue weighted by molar-refractivity contribution is 7.99. The van der Waals surface area contributed by atoms with Crippen molar-refractivity contribution in [1.29, 1.82) is 0 Å². The topological polar surface area (TPSA) is 199 Å². The third-order valence-electron chi connectivity index (χ3n) is 5.91. The van der Waals surface area contributed by atoms with Crippen LogP contribution in [0.4, 0.5) is 10.6 Å². The molecule has 0 spiro atoms. The molecule has 3 aromatic rings. The number of nitrogens with one attached hydrogen (secondary N) is 2. The standard InChI is InChI=1S/C16H26N6O2S.C8H9NO4/c1-3-5-8-17-14-12-15(19-16(18-14)25-9-4-2)22(21-20-12)10-6-7-11(23)13(10)24;10-6-2-1-5(3-7(6)11)4-9-8(12)13/h10-11,13,23-24H,3-9H2,1-2H3,(H,17,18,19);1-3,9-11H,4H2,(H,12,13)/t10-,11-,13+;/m1./s1. The Hall–Kier alpha value is -3.36. The van der Waals surface area contributed by atoms with Crippen molar-refractivity contribution in [3.05, 3.63) is 23.8 Å². The molecule has 2 aromatic heterocycles. The van der Waals surface area contributed by atoms with Gasteiger partial charge >= 0.3 is 6.09 Å². The first-order valence-corrected chi connectivity index (χ1v) is 13.6. The van der Waals surface area contributed by atoms with Gasteiger partial charge in [-0.2, -0.15) is 0 Å². The maximum absolute atomic E-state index is 10.2. The van der Waals surface area contributed by atoms with Crippen LogP contribution in [0.25, 0.3) is 11.2 Å². The Bertz CT molecular complexity index is 1210. The fraction of sp³-hybridized carbons (Fsp3) is 0.542. The first-order valence-electron chi connectivity index (χ1n) is 12.6. The second kappa shape index (κ2) is 14.0. The Morgan fingerprint density at radius 3 is 2.55 bits per heavy atom. The van der Waals surface area contributed by atoms with Gasteiger partial charge in [0.2, 0.25) is 0 Å². The van der Waals surface area contributed by atoms with Crippen molar-refractivity contribution in [1.82, 2.24) is 30.3 Å². The fourth-order valence-corrected chi connectivity index (χ4v) is 4.55. The number of aromatic nitrogens is 5. The van der Waals surface area contributed by atoms with Crippen LogP contribution in [-0.2, 0) is 6.54 Å². The number of rotatable bonds is 10. The molecule has 1 amide bonds. The maximum atomic E-state index is 10.2. The number of aliphatic hydroxyl groups excluding tert-OH is 2. The summed E-state index contributed by atoms with van der Waals surface area (Å²) in [6.07, 6.45) is 1.69. The van der Waals surface area contributed by atoms with E-state index in [1.807, 2.05) is 0 Å². The zero-order valence-corrected chi connectivity index (χ0v) is 22.2. The van der Waals surface area contributed by atoms with Gasteiger partial charge in [0.05, 0.1) is 12.1 Å². The molecule has 0 bridgehead atoms. The van der Waals surface area contributed by atoms with Crippen LogP contribution in [-0.4, -0.2) is 81.1 Å². The van der Waals surface area contributed by atoms with Crippen LogP contribution >= 0.6 is 11.8 Å². The van der Waals surface area contributed by atoms with Crippen molar-refractivity contribution in [2.24, 2.45) is 0 Å². The monoisotopic (exact) mass is 549 g/mol. The van der Waals surface area contributed by atoms with Crippen LogP contribution in [0.3, 0.4) is 0 Å². The van der Waals surface area contributed by atoms with E-state index >= 15 is 0 Å². The molecule has 7 N–H and O–H groups in total. The molecule has 0 aliphatic heterocycles. The highest BCUT2D eigenvalue weighted by atomic mass is 32.2. The summed E-state index contributed by atoms with van der Waals surface area (Å²) in [5, 5.41) is 61.0. The van der Waals surface area contributed by atoms with E-state index in [2.05, 4.69) is 44.8 Å². The first-order chi connectivity index (χ1) is 18.2. The summed E-state index contributed by atoms with van der Waals surface area (Å²) in [4.78, 5) is 19.3. The summed E-state index contributed by atoms with van der Waals surface area (Å²) >= 11 is 1.60. The van der Waals surface area contributed by atoms with E-state index < -0.39 is 18.3 Å². The van der Waals surface area contributed by atoms with Crippen molar-refractivity contribution < 1.29 is 30.3 Å². The minimum absolute atomic E-state index is 0.100. The summed E-state index contributed by atoms with van der Waals surface area (Å²) in [6, 6.07) is 3.81. The zero-order valence-electron chi connectivity index (χ0n) is 21.4. The predicted molar refractivity (Wildman–Crippen MR) is 142 cm³/mol. The SMILES string of the molecule is CCCCNc1nc(SCCC)nc2c1nnn2[C@@H]1CC[C@@H](O)[C@H]1O.O=C(O)NCc1ccc(O)c(O)c1. The van der Waals surface area contributed by atoms with Crippen molar-refractivity contribution in [2.75, 3.05) is 17.6 Å². The molecule has 4 rings (SSSR count). The minimum Gasteiger partial charge on any atom is -0.504 e. The van der Waals surface area contributed by atoms with E-state index in [1.165, 1.54) is 18.2 Å². The second-order valence-electron chi connectivity index (χ2n) is 8.87. The Morgan fingerprint density at radius 1 is 1.13 bits per heavy atom. The molecule has 14 heteroatoms. The van der Waals surface area contributed by atoms with Gasteiger partial charge in [-0.3, -0.25) is 0 Å². The first kappa shape index (κ1) is 29.2. The Labute approximate surface area is 224 Å². The van der Waals surface area contributed by atoms with Crippen molar-refractivity contribution in [3.63, 3.8) is 0 Å². The van der Waals surface area contributed by atoms with E-state index in [1.54, 1.807) is 16.4 Å². The average molecular weight is 550 g/mol. The molecule has 208 valence electrons. The van der Waals surface area contributed by atoms with Crippen LogP contribution in [0.2, 0.25) is 0 Å². The van der Waals surface area contributed by atoms with Gasteiger partial charge in [0.15, 0.2) is 33.6 Å². The number of aliphatic hydroxyl groups is 2. The molecular weight excluding hydrogens is 514 g/mol. The number of unbranched alkanes of at least 4 members (excludes halogenated alkanes) is 1. The molecule has 1 fully saturated rings.